The minimum atomic E-state index is 1.04. The topological polar surface area (TPSA) is 46.5 Å². The van der Waals surface area contributed by atoms with Crippen LogP contribution in [0.4, 0.5) is 0 Å². The summed E-state index contributed by atoms with van der Waals surface area (Å²) in [5.41, 5.74) is 3.31. The van der Waals surface area contributed by atoms with Crippen LogP contribution in [0.5, 0.6) is 0 Å². The van der Waals surface area contributed by atoms with E-state index in [-0.39, 0.29) is 0 Å². The predicted molar refractivity (Wildman–Crippen MR) is 92.9 cm³/mol. The molecular formula is C18H22N4. The van der Waals surface area contributed by atoms with Gasteiger partial charge in [-0.25, -0.2) is 0 Å². The maximum absolute atomic E-state index is 4.17. The Morgan fingerprint density at radius 2 is 1.82 bits per heavy atom. The molecule has 114 valence electrons. The van der Waals surface area contributed by atoms with E-state index < -0.39 is 0 Å². The van der Waals surface area contributed by atoms with Gasteiger partial charge in [-0.1, -0.05) is 13.8 Å². The van der Waals surface area contributed by atoms with Gasteiger partial charge in [-0.15, -0.1) is 0 Å². The molecule has 0 radical (unpaired) electrons. The lowest BCUT2D eigenvalue weighted by Crippen LogP contribution is -1.76. The number of pyridine rings is 2. The van der Waals surface area contributed by atoms with Crippen LogP contribution in [0.25, 0.3) is 21.8 Å². The Balaban J connectivity index is 0.000000144. The lowest BCUT2D eigenvalue weighted by atomic mass is 10.3. The molecular weight excluding hydrogens is 272 g/mol. The number of hydrogen-bond donors (Lipinski definition) is 1. The van der Waals surface area contributed by atoms with Gasteiger partial charge in [-0.2, -0.15) is 0 Å². The van der Waals surface area contributed by atoms with Crippen LogP contribution in [0.15, 0.2) is 55.2 Å². The number of H-pyrrole nitrogens is 1. The van der Waals surface area contributed by atoms with Crippen LogP contribution in [0.1, 0.15) is 19.5 Å². The number of fused-ring (bicyclic) bond motifs is 2. The summed E-state index contributed by atoms with van der Waals surface area (Å²) in [5, 5.41) is 2.45. The van der Waals surface area contributed by atoms with Gasteiger partial charge in [-0.3, -0.25) is 9.97 Å². The van der Waals surface area contributed by atoms with Crippen molar-refractivity contribution in [3.8, 4) is 0 Å². The van der Waals surface area contributed by atoms with E-state index in [9.17, 15) is 0 Å². The minimum Gasteiger partial charge on any atom is -0.357 e. The van der Waals surface area contributed by atoms with E-state index in [4.69, 9.17) is 0 Å². The molecule has 4 heterocycles. The summed E-state index contributed by atoms with van der Waals surface area (Å²) in [6, 6.07) is 8.00. The third-order valence-corrected chi connectivity index (χ3v) is 3.10. The zero-order valence-corrected chi connectivity index (χ0v) is 13.5. The number of aromatic amines is 1. The van der Waals surface area contributed by atoms with Gasteiger partial charge in [0.2, 0.25) is 0 Å². The molecule has 0 aliphatic rings. The molecule has 4 aromatic rings. The first-order chi connectivity index (χ1) is 10.7. The molecule has 4 nitrogen and oxygen atoms in total. The van der Waals surface area contributed by atoms with Crippen LogP contribution in [0.2, 0.25) is 0 Å². The van der Waals surface area contributed by atoms with E-state index >= 15 is 0 Å². The first-order valence-corrected chi connectivity index (χ1v) is 7.48. The highest BCUT2D eigenvalue weighted by Gasteiger charge is 1.94. The van der Waals surface area contributed by atoms with Crippen LogP contribution in [0.3, 0.4) is 0 Å². The normalized spacial score (nSPS) is 9.82. The fourth-order valence-corrected chi connectivity index (χ4v) is 2.21. The molecule has 0 aliphatic heterocycles. The standard InChI is InChI=1S/2C8H8N2.C2H6/c1-10-5-7-2-3-9-4-8(7)6-10;1-6-5-8-7(10-6)3-2-4-9-8;1-2/h2-6H,1H3;2-5,10H,1H3;1-2H3. The van der Waals surface area contributed by atoms with Gasteiger partial charge in [0.15, 0.2) is 0 Å². The fourth-order valence-electron chi connectivity index (χ4n) is 2.21. The van der Waals surface area contributed by atoms with Crippen molar-refractivity contribution in [2.75, 3.05) is 0 Å². The van der Waals surface area contributed by atoms with Crippen molar-refractivity contribution in [2.24, 2.45) is 7.05 Å². The first-order valence-electron chi connectivity index (χ1n) is 7.48. The van der Waals surface area contributed by atoms with Crippen molar-refractivity contribution >= 4 is 21.8 Å². The van der Waals surface area contributed by atoms with Crippen molar-refractivity contribution in [3.63, 3.8) is 0 Å². The molecule has 0 fully saturated rings. The van der Waals surface area contributed by atoms with Crippen molar-refractivity contribution in [1.29, 1.82) is 0 Å². The number of hydrogen-bond acceptors (Lipinski definition) is 2. The smallest absolute Gasteiger partial charge is 0.0881 e. The average molecular weight is 294 g/mol. The highest BCUT2D eigenvalue weighted by atomic mass is 14.9. The molecule has 0 unspecified atom stereocenters. The Morgan fingerprint density at radius 1 is 1.05 bits per heavy atom. The van der Waals surface area contributed by atoms with Crippen LogP contribution >= 0.6 is 0 Å². The predicted octanol–water partition coefficient (Wildman–Crippen LogP) is 4.47. The number of nitrogens with zero attached hydrogens (tertiary/aromatic N) is 3. The van der Waals surface area contributed by atoms with Gasteiger partial charge < -0.3 is 9.55 Å². The lowest BCUT2D eigenvalue weighted by Gasteiger charge is -1.83. The van der Waals surface area contributed by atoms with Gasteiger partial charge >= 0.3 is 0 Å². The molecule has 0 bridgehead atoms. The largest absolute Gasteiger partial charge is 0.357 e. The highest BCUT2D eigenvalue weighted by molar-refractivity contribution is 5.80. The average Bonchev–Trinajstić information content (AvgIpc) is 3.10. The zero-order valence-electron chi connectivity index (χ0n) is 13.5. The monoisotopic (exact) mass is 294 g/mol. The van der Waals surface area contributed by atoms with Gasteiger partial charge in [0, 0.05) is 54.5 Å². The third kappa shape index (κ3) is 3.73. The highest BCUT2D eigenvalue weighted by Crippen LogP contribution is 2.11. The first kappa shape index (κ1) is 15.8. The molecule has 0 aromatic carbocycles. The number of aryl methyl sites for hydroxylation is 2. The molecule has 4 heteroatoms. The maximum atomic E-state index is 4.17. The zero-order chi connectivity index (χ0) is 15.9. The Kier molecular flexibility index (Phi) is 5.31. The molecule has 1 N–H and O–H groups in total. The fraction of sp³-hybridized carbons (Fsp3) is 0.222. The second-order valence-electron chi connectivity index (χ2n) is 4.82. The quantitative estimate of drug-likeness (QED) is 0.520. The van der Waals surface area contributed by atoms with Crippen LogP contribution in [-0.2, 0) is 7.05 Å². The second-order valence-corrected chi connectivity index (χ2v) is 4.82. The summed E-state index contributed by atoms with van der Waals surface area (Å²) < 4.78 is 2.03. The molecule has 0 aliphatic carbocycles. The Morgan fingerprint density at radius 3 is 2.55 bits per heavy atom. The lowest BCUT2D eigenvalue weighted by molar-refractivity contribution is 0.933. The van der Waals surface area contributed by atoms with Gasteiger partial charge in [0.05, 0.1) is 11.0 Å². The summed E-state index contributed by atoms with van der Waals surface area (Å²) in [7, 11) is 2.01. The second kappa shape index (κ2) is 7.41. The van der Waals surface area contributed by atoms with Gasteiger partial charge in [0.25, 0.3) is 0 Å². The molecule has 0 saturated carbocycles. The van der Waals surface area contributed by atoms with Crippen molar-refractivity contribution in [1.82, 2.24) is 19.5 Å². The molecule has 0 amide bonds. The molecule has 0 spiro atoms. The van der Waals surface area contributed by atoms with E-state index in [0.29, 0.717) is 0 Å². The molecule has 22 heavy (non-hydrogen) atoms. The van der Waals surface area contributed by atoms with Gasteiger partial charge in [-0.05, 0) is 31.2 Å². The summed E-state index contributed by atoms with van der Waals surface area (Å²) in [5.74, 6) is 0. The van der Waals surface area contributed by atoms with E-state index in [1.54, 1.807) is 6.20 Å². The van der Waals surface area contributed by atoms with Crippen molar-refractivity contribution < 1.29 is 0 Å². The summed E-state index contributed by atoms with van der Waals surface area (Å²) in [4.78, 5) is 11.4. The van der Waals surface area contributed by atoms with E-state index in [1.165, 1.54) is 10.8 Å². The molecule has 0 atom stereocenters. The summed E-state index contributed by atoms with van der Waals surface area (Å²) >= 11 is 0. The Bertz CT molecular complexity index is 704. The van der Waals surface area contributed by atoms with Crippen molar-refractivity contribution in [2.45, 2.75) is 20.8 Å². The Hall–Kier alpha value is -2.62. The van der Waals surface area contributed by atoms with E-state index in [1.807, 2.05) is 69.0 Å². The molecule has 4 rings (SSSR count). The summed E-state index contributed by atoms with van der Waals surface area (Å²) in [6.45, 7) is 6.03. The third-order valence-electron chi connectivity index (χ3n) is 3.10. The maximum Gasteiger partial charge on any atom is 0.0881 e. The van der Waals surface area contributed by atoms with Crippen LogP contribution in [0, 0.1) is 6.92 Å². The molecule has 4 aromatic heterocycles. The van der Waals surface area contributed by atoms with E-state index in [2.05, 4.69) is 27.3 Å². The van der Waals surface area contributed by atoms with Crippen LogP contribution < -0.4 is 0 Å². The van der Waals surface area contributed by atoms with E-state index in [0.717, 1.165) is 16.7 Å². The molecule has 0 saturated heterocycles. The Labute approximate surface area is 130 Å². The number of rotatable bonds is 0. The van der Waals surface area contributed by atoms with Gasteiger partial charge in [0.1, 0.15) is 0 Å². The minimum absolute atomic E-state index is 1.04. The SMILES string of the molecule is CC.Cc1cc2ncccc2[nH]1.Cn1cc2ccncc2c1. The summed E-state index contributed by atoms with van der Waals surface area (Å²) in [6.07, 6.45) is 9.62. The number of aromatic nitrogens is 4. The number of nitrogens with one attached hydrogen (secondary N) is 1. The van der Waals surface area contributed by atoms with Crippen LogP contribution in [-0.4, -0.2) is 19.5 Å². The van der Waals surface area contributed by atoms with Crippen molar-refractivity contribution in [3.05, 3.63) is 60.9 Å².